The summed E-state index contributed by atoms with van der Waals surface area (Å²) in [6.07, 6.45) is 7.60. The van der Waals surface area contributed by atoms with Gasteiger partial charge in [0, 0.05) is 37.3 Å². The fourth-order valence-corrected chi connectivity index (χ4v) is 3.73. The SMILES string of the molecule is Cc1nn(CC(C)C)c(Cl)c1/C=C/C(=O)NC1CCN(C(=O)c2ccoc2)CC1. The van der Waals surface area contributed by atoms with Gasteiger partial charge in [-0.05, 0) is 37.8 Å². The van der Waals surface area contributed by atoms with Gasteiger partial charge in [-0.15, -0.1) is 0 Å². The third kappa shape index (κ3) is 5.29. The number of aryl methyl sites for hydroxylation is 1. The number of furan rings is 1. The van der Waals surface area contributed by atoms with Crippen molar-refractivity contribution >= 4 is 29.5 Å². The number of nitrogens with zero attached hydrogens (tertiary/aromatic N) is 3. The minimum Gasteiger partial charge on any atom is -0.472 e. The first-order valence-corrected chi connectivity index (χ1v) is 10.3. The second-order valence-electron chi connectivity index (χ2n) is 7.79. The molecule has 3 rings (SSSR count). The number of carbonyl (C=O) groups excluding carboxylic acids is 2. The van der Waals surface area contributed by atoms with Crippen molar-refractivity contribution in [3.05, 3.63) is 46.6 Å². The highest BCUT2D eigenvalue weighted by Crippen LogP contribution is 2.22. The largest absolute Gasteiger partial charge is 0.472 e. The van der Waals surface area contributed by atoms with E-state index in [9.17, 15) is 9.59 Å². The quantitative estimate of drug-likeness (QED) is 0.727. The van der Waals surface area contributed by atoms with Crippen LogP contribution in [0, 0.1) is 12.8 Å². The number of halogens is 1. The number of hydrogen-bond acceptors (Lipinski definition) is 4. The summed E-state index contributed by atoms with van der Waals surface area (Å²) >= 11 is 6.41. The Balaban J connectivity index is 1.52. The van der Waals surface area contributed by atoms with E-state index < -0.39 is 0 Å². The summed E-state index contributed by atoms with van der Waals surface area (Å²) in [5, 5.41) is 8.00. The maximum absolute atomic E-state index is 12.3. The van der Waals surface area contributed by atoms with Crippen molar-refractivity contribution in [2.45, 2.75) is 46.2 Å². The van der Waals surface area contributed by atoms with Crippen molar-refractivity contribution in [3.8, 4) is 0 Å². The van der Waals surface area contributed by atoms with Crippen molar-refractivity contribution in [1.82, 2.24) is 20.0 Å². The number of piperidine rings is 1. The van der Waals surface area contributed by atoms with Crippen LogP contribution in [0.15, 0.2) is 29.1 Å². The van der Waals surface area contributed by atoms with Crippen LogP contribution in [0.5, 0.6) is 0 Å². The molecular weight excluding hydrogens is 392 g/mol. The van der Waals surface area contributed by atoms with E-state index in [4.69, 9.17) is 16.0 Å². The molecule has 2 aromatic heterocycles. The summed E-state index contributed by atoms with van der Waals surface area (Å²) < 4.78 is 6.74. The van der Waals surface area contributed by atoms with E-state index in [0.29, 0.717) is 29.7 Å². The number of amides is 2. The van der Waals surface area contributed by atoms with Gasteiger partial charge < -0.3 is 14.6 Å². The van der Waals surface area contributed by atoms with Crippen LogP contribution in [0.2, 0.25) is 5.15 Å². The van der Waals surface area contributed by atoms with Gasteiger partial charge in [0.05, 0.1) is 17.5 Å². The number of hydrogen-bond donors (Lipinski definition) is 1. The normalized spacial score (nSPS) is 15.4. The van der Waals surface area contributed by atoms with E-state index in [1.807, 2.05) is 6.92 Å². The molecule has 2 amide bonds. The molecule has 0 bridgehead atoms. The number of carbonyl (C=O) groups is 2. The summed E-state index contributed by atoms with van der Waals surface area (Å²) in [6, 6.07) is 1.71. The molecule has 156 valence electrons. The van der Waals surface area contributed by atoms with Crippen molar-refractivity contribution < 1.29 is 14.0 Å². The van der Waals surface area contributed by atoms with E-state index in [1.165, 1.54) is 18.6 Å². The molecule has 7 nitrogen and oxygen atoms in total. The molecule has 1 fully saturated rings. The minimum atomic E-state index is -0.170. The summed E-state index contributed by atoms with van der Waals surface area (Å²) in [5.74, 6) is 0.224. The Kier molecular flexibility index (Phi) is 6.79. The van der Waals surface area contributed by atoms with Gasteiger partial charge in [0.15, 0.2) is 0 Å². The molecule has 8 heteroatoms. The van der Waals surface area contributed by atoms with Crippen molar-refractivity contribution in [2.24, 2.45) is 5.92 Å². The lowest BCUT2D eigenvalue weighted by atomic mass is 10.0. The lowest BCUT2D eigenvalue weighted by Gasteiger charge is -2.32. The zero-order chi connectivity index (χ0) is 21.0. The van der Waals surface area contributed by atoms with E-state index in [1.54, 1.807) is 21.7 Å². The molecule has 0 radical (unpaired) electrons. The standard InChI is InChI=1S/C21H27ClN4O3/c1-14(2)12-26-20(22)18(15(3)24-26)4-5-19(27)23-17-6-9-25(10-7-17)21(28)16-8-11-29-13-16/h4-5,8,11,13-14,17H,6-7,9-10,12H2,1-3H3,(H,23,27)/b5-4+. The van der Waals surface area contributed by atoms with Crippen LogP contribution in [-0.4, -0.2) is 45.6 Å². The summed E-state index contributed by atoms with van der Waals surface area (Å²) in [5.41, 5.74) is 2.12. The molecule has 1 aliphatic rings. The summed E-state index contributed by atoms with van der Waals surface area (Å²) in [6.45, 7) is 8.02. The predicted octanol–water partition coefficient (Wildman–Crippen LogP) is 3.53. The van der Waals surface area contributed by atoms with Crippen LogP contribution < -0.4 is 5.32 Å². The second-order valence-corrected chi connectivity index (χ2v) is 8.14. The van der Waals surface area contributed by atoms with Gasteiger partial charge in [0.25, 0.3) is 5.91 Å². The third-order valence-corrected chi connectivity index (χ3v) is 5.34. The van der Waals surface area contributed by atoms with Crippen LogP contribution in [0.25, 0.3) is 6.08 Å². The third-order valence-electron chi connectivity index (χ3n) is 4.95. The highest BCUT2D eigenvalue weighted by atomic mass is 35.5. The topological polar surface area (TPSA) is 80.4 Å². The number of aromatic nitrogens is 2. The Bertz CT molecular complexity index is 878. The molecule has 2 aromatic rings. The molecule has 0 saturated carbocycles. The number of likely N-dealkylation sites (tertiary alicyclic amines) is 1. The average molecular weight is 419 g/mol. The molecule has 0 aliphatic carbocycles. The minimum absolute atomic E-state index is 0.0352. The Morgan fingerprint density at radius 2 is 2.10 bits per heavy atom. The average Bonchev–Trinajstić information content (AvgIpc) is 3.29. The first kappa shape index (κ1) is 21.2. The maximum Gasteiger partial charge on any atom is 0.257 e. The maximum atomic E-state index is 12.3. The fraction of sp³-hybridized carbons (Fsp3) is 0.476. The first-order valence-electron chi connectivity index (χ1n) is 9.88. The van der Waals surface area contributed by atoms with Crippen LogP contribution in [0.4, 0.5) is 0 Å². The van der Waals surface area contributed by atoms with Gasteiger partial charge in [0.2, 0.25) is 5.91 Å². The van der Waals surface area contributed by atoms with Gasteiger partial charge in [-0.3, -0.25) is 14.3 Å². The number of nitrogens with one attached hydrogen (secondary N) is 1. The number of rotatable bonds is 6. The zero-order valence-electron chi connectivity index (χ0n) is 17.0. The lowest BCUT2D eigenvalue weighted by molar-refractivity contribution is -0.117. The van der Waals surface area contributed by atoms with Crippen molar-refractivity contribution in [3.63, 3.8) is 0 Å². The van der Waals surface area contributed by atoms with E-state index in [2.05, 4.69) is 24.3 Å². The van der Waals surface area contributed by atoms with Gasteiger partial charge in [-0.2, -0.15) is 5.10 Å². The van der Waals surface area contributed by atoms with Crippen molar-refractivity contribution in [1.29, 1.82) is 0 Å². The molecular formula is C21H27ClN4O3. The van der Waals surface area contributed by atoms with Crippen molar-refractivity contribution in [2.75, 3.05) is 13.1 Å². The molecule has 1 aliphatic heterocycles. The molecule has 1 N–H and O–H groups in total. The van der Waals surface area contributed by atoms with E-state index in [-0.39, 0.29) is 17.9 Å². The van der Waals surface area contributed by atoms with Gasteiger partial charge >= 0.3 is 0 Å². The smallest absolute Gasteiger partial charge is 0.257 e. The highest BCUT2D eigenvalue weighted by molar-refractivity contribution is 6.31. The van der Waals surface area contributed by atoms with Crippen LogP contribution in [0.1, 0.15) is 48.3 Å². The van der Waals surface area contributed by atoms with Gasteiger partial charge in [0.1, 0.15) is 11.4 Å². The highest BCUT2D eigenvalue weighted by Gasteiger charge is 2.24. The van der Waals surface area contributed by atoms with Crippen LogP contribution in [-0.2, 0) is 11.3 Å². The summed E-state index contributed by atoms with van der Waals surface area (Å²) in [7, 11) is 0. The van der Waals surface area contributed by atoms with Crippen LogP contribution >= 0.6 is 11.6 Å². The lowest BCUT2D eigenvalue weighted by Crippen LogP contribution is -2.46. The van der Waals surface area contributed by atoms with E-state index in [0.717, 1.165) is 30.6 Å². The fourth-order valence-electron chi connectivity index (χ4n) is 3.43. The first-order chi connectivity index (χ1) is 13.8. The molecule has 29 heavy (non-hydrogen) atoms. The zero-order valence-corrected chi connectivity index (χ0v) is 17.8. The molecule has 0 atom stereocenters. The molecule has 0 spiro atoms. The predicted molar refractivity (Wildman–Crippen MR) is 112 cm³/mol. The molecule has 0 aromatic carbocycles. The second kappa shape index (κ2) is 9.31. The van der Waals surface area contributed by atoms with E-state index >= 15 is 0 Å². The van der Waals surface area contributed by atoms with Gasteiger partial charge in [-0.1, -0.05) is 25.4 Å². The Hall–Kier alpha value is -2.54. The molecule has 0 unspecified atom stereocenters. The van der Waals surface area contributed by atoms with Gasteiger partial charge in [-0.25, -0.2) is 0 Å². The Morgan fingerprint density at radius 1 is 1.38 bits per heavy atom. The van der Waals surface area contributed by atoms with Crippen LogP contribution in [0.3, 0.4) is 0 Å². The Labute approximate surface area is 175 Å². The summed E-state index contributed by atoms with van der Waals surface area (Å²) in [4.78, 5) is 26.4. The molecule has 1 saturated heterocycles. The monoisotopic (exact) mass is 418 g/mol. The Morgan fingerprint density at radius 3 is 2.72 bits per heavy atom. The molecule has 3 heterocycles.